The third-order valence-corrected chi connectivity index (χ3v) is 7.79. The van der Waals surface area contributed by atoms with Crippen molar-refractivity contribution >= 4 is 23.2 Å². The lowest BCUT2D eigenvalue weighted by Gasteiger charge is -2.38. The summed E-state index contributed by atoms with van der Waals surface area (Å²) in [4.78, 5) is 32.4. The summed E-state index contributed by atoms with van der Waals surface area (Å²) in [5.74, 6) is -0.331. The second-order valence-electron chi connectivity index (χ2n) is 9.07. The maximum Gasteiger partial charge on any atom is 0.242 e. The number of carbonyl (C=O) groups is 2. The molecule has 0 radical (unpaired) electrons. The van der Waals surface area contributed by atoms with Crippen molar-refractivity contribution in [3.63, 3.8) is 0 Å². The van der Waals surface area contributed by atoms with Gasteiger partial charge in [0, 0.05) is 25.1 Å². The molecule has 0 bridgehead atoms. The van der Waals surface area contributed by atoms with E-state index in [1.807, 2.05) is 42.2 Å². The minimum atomic E-state index is -0.279. The van der Waals surface area contributed by atoms with Gasteiger partial charge in [0.05, 0.1) is 25.1 Å². The molecule has 2 atom stereocenters. The first kappa shape index (κ1) is 25.1. The Labute approximate surface area is 212 Å². The Kier molecular flexibility index (Phi) is 8.37. The van der Waals surface area contributed by atoms with Gasteiger partial charge in [0.1, 0.15) is 0 Å². The van der Waals surface area contributed by atoms with Gasteiger partial charge in [0.15, 0.2) is 0 Å². The van der Waals surface area contributed by atoms with Gasteiger partial charge in [-0.1, -0.05) is 67.1 Å². The van der Waals surface area contributed by atoms with Crippen LogP contribution in [-0.4, -0.2) is 55.0 Å². The predicted octanol–water partition coefficient (Wildman–Crippen LogP) is 5.20. The van der Waals surface area contributed by atoms with Gasteiger partial charge in [0.2, 0.25) is 11.8 Å². The van der Waals surface area contributed by atoms with Gasteiger partial charge in [-0.3, -0.25) is 9.59 Å². The van der Waals surface area contributed by atoms with Crippen molar-refractivity contribution in [1.82, 2.24) is 9.80 Å². The number of aryl methyl sites for hydroxylation is 1. The van der Waals surface area contributed by atoms with Crippen molar-refractivity contribution in [3.05, 3.63) is 93.2 Å². The molecule has 3 aromatic rings. The van der Waals surface area contributed by atoms with Crippen LogP contribution >= 0.6 is 11.3 Å². The predicted molar refractivity (Wildman–Crippen MR) is 141 cm³/mol. The third kappa shape index (κ3) is 5.65. The van der Waals surface area contributed by atoms with Gasteiger partial charge < -0.3 is 14.5 Å². The molecule has 184 valence electrons. The summed E-state index contributed by atoms with van der Waals surface area (Å²) < 4.78 is 5.29. The standard InChI is InChI=1S/C29H34N2O3S/c1-4-24(22-8-6-5-7-9-22)29(33)30(17-18-34-3)20-27(32)31-16-14-26-25(15-19-35-26)28(31)23-12-10-21(2)11-13-23/h5-13,15,19,24,28H,4,14,16-18,20H2,1-3H3. The number of fused-ring (bicyclic) bond motifs is 1. The van der Waals surface area contributed by atoms with E-state index in [9.17, 15) is 9.59 Å². The molecule has 0 saturated carbocycles. The lowest BCUT2D eigenvalue weighted by molar-refractivity contribution is -0.143. The molecule has 2 amide bonds. The maximum absolute atomic E-state index is 13.8. The van der Waals surface area contributed by atoms with Gasteiger partial charge >= 0.3 is 0 Å². The van der Waals surface area contributed by atoms with E-state index in [2.05, 4.69) is 42.6 Å². The first-order valence-corrected chi connectivity index (χ1v) is 13.2. The van der Waals surface area contributed by atoms with Crippen LogP contribution < -0.4 is 0 Å². The normalized spacial score (nSPS) is 16.0. The number of nitrogens with zero attached hydrogens (tertiary/aromatic N) is 2. The Balaban J connectivity index is 1.60. The number of methoxy groups -OCH3 is 1. The van der Waals surface area contributed by atoms with E-state index in [0.717, 1.165) is 17.5 Å². The van der Waals surface area contributed by atoms with Crippen LogP contribution in [0.25, 0.3) is 0 Å². The lowest BCUT2D eigenvalue weighted by Crippen LogP contribution is -2.48. The molecule has 1 aliphatic heterocycles. The average Bonchev–Trinajstić information content (AvgIpc) is 3.36. The Morgan fingerprint density at radius 2 is 1.86 bits per heavy atom. The fraction of sp³-hybridized carbons (Fsp3) is 0.379. The van der Waals surface area contributed by atoms with Gasteiger partial charge in [0.25, 0.3) is 0 Å². The molecule has 2 unspecified atom stereocenters. The van der Waals surface area contributed by atoms with Gasteiger partial charge in [-0.05, 0) is 47.9 Å². The topological polar surface area (TPSA) is 49.9 Å². The van der Waals surface area contributed by atoms with Crippen LogP contribution in [0.4, 0.5) is 0 Å². The van der Waals surface area contributed by atoms with E-state index in [-0.39, 0.29) is 30.3 Å². The summed E-state index contributed by atoms with van der Waals surface area (Å²) in [7, 11) is 1.62. The van der Waals surface area contributed by atoms with Crippen LogP contribution in [0.15, 0.2) is 66.0 Å². The number of hydrogen-bond donors (Lipinski definition) is 0. The van der Waals surface area contributed by atoms with Crippen LogP contribution in [-0.2, 0) is 20.7 Å². The van der Waals surface area contributed by atoms with Crippen molar-refractivity contribution in [1.29, 1.82) is 0 Å². The van der Waals surface area contributed by atoms with Crippen molar-refractivity contribution in [3.8, 4) is 0 Å². The zero-order chi connectivity index (χ0) is 24.8. The van der Waals surface area contributed by atoms with Crippen LogP contribution in [0.1, 0.15) is 52.4 Å². The first-order chi connectivity index (χ1) is 17.0. The zero-order valence-corrected chi connectivity index (χ0v) is 21.6. The van der Waals surface area contributed by atoms with E-state index < -0.39 is 0 Å². The maximum atomic E-state index is 13.8. The van der Waals surface area contributed by atoms with Crippen LogP contribution in [0, 0.1) is 6.92 Å². The molecule has 2 heterocycles. The van der Waals surface area contributed by atoms with Crippen molar-refractivity contribution < 1.29 is 14.3 Å². The second kappa shape index (κ2) is 11.6. The molecular weight excluding hydrogens is 456 g/mol. The third-order valence-electron chi connectivity index (χ3n) is 6.79. The Morgan fingerprint density at radius 3 is 2.54 bits per heavy atom. The highest BCUT2D eigenvalue weighted by Gasteiger charge is 2.35. The molecule has 0 spiro atoms. The number of hydrogen-bond acceptors (Lipinski definition) is 4. The largest absolute Gasteiger partial charge is 0.383 e. The summed E-state index contributed by atoms with van der Waals surface area (Å²) in [6.07, 6.45) is 1.52. The minimum absolute atomic E-state index is 0.0239. The molecule has 6 heteroatoms. The van der Waals surface area contributed by atoms with Gasteiger partial charge in [-0.2, -0.15) is 0 Å². The van der Waals surface area contributed by atoms with Crippen LogP contribution in [0.2, 0.25) is 0 Å². The highest BCUT2D eigenvalue weighted by Crippen LogP contribution is 2.38. The van der Waals surface area contributed by atoms with Crippen LogP contribution in [0.5, 0.6) is 0 Å². The van der Waals surface area contributed by atoms with E-state index in [0.29, 0.717) is 26.1 Å². The number of benzene rings is 2. The number of carbonyl (C=O) groups excluding carboxylic acids is 2. The van der Waals surface area contributed by atoms with E-state index in [4.69, 9.17) is 4.74 Å². The number of rotatable bonds is 9. The monoisotopic (exact) mass is 490 g/mol. The highest BCUT2D eigenvalue weighted by atomic mass is 32.1. The molecule has 0 fully saturated rings. The molecule has 5 nitrogen and oxygen atoms in total. The van der Waals surface area contributed by atoms with E-state index >= 15 is 0 Å². The fourth-order valence-corrected chi connectivity index (χ4v) is 5.78. The fourth-order valence-electron chi connectivity index (χ4n) is 4.87. The Bertz CT molecular complexity index is 1130. The molecule has 0 N–H and O–H groups in total. The summed E-state index contributed by atoms with van der Waals surface area (Å²) in [5.41, 5.74) is 4.47. The quantitative estimate of drug-likeness (QED) is 0.414. The van der Waals surface area contributed by atoms with Crippen molar-refractivity contribution in [2.75, 3.05) is 33.4 Å². The van der Waals surface area contributed by atoms with Crippen molar-refractivity contribution in [2.24, 2.45) is 0 Å². The number of thiophene rings is 1. The van der Waals surface area contributed by atoms with Gasteiger partial charge in [-0.25, -0.2) is 0 Å². The summed E-state index contributed by atoms with van der Waals surface area (Å²) >= 11 is 1.76. The Hall–Kier alpha value is -2.96. The highest BCUT2D eigenvalue weighted by molar-refractivity contribution is 7.10. The summed E-state index contributed by atoms with van der Waals surface area (Å²) in [6.45, 7) is 5.56. The molecule has 1 aliphatic rings. The minimum Gasteiger partial charge on any atom is -0.383 e. The SMILES string of the molecule is CCC(C(=O)N(CCOC)CC(=O)N1CCc2sccc2C1c1ccc(C)cc1)c1ccccc1. The van der Waals surface area contributed by atoms with Crippen LogP contribution in [0.3, 0.4) is 0 Å². The molecule has 1 aromatic heterocycles. The Morgan fingerprint density at radius 1 is 1.11 bits per heavy atom. The number of amides is 2. The summed E-state index contributed by atoms with van der Waals surface area (Å²) in [6, 6.07) is 20.3. The van der Waals surface area contributed by atoms with Crippen molar-refractivity contribution in [2.45, 2.75) is 38.6 Å². The molecule has 0 saturated heterocycles. The first-order valence-electron chi connectivity index (χ1n) is 12.3. The molecule has 2 aromatic carbocycles. The van der Waals surface area contributed by atoms with E-state index in [1.165, 1.54) is 16.0 Å². The molecule has 0 aliphatic carbocycles. The van der Waals surface area contributed by atoms with E-state index in [1.54, 1.807) is 23.3 Å². The summed E-state index contributed by atoms with van der Waals surface area (Å²) in [5, 5.41) is 2.11. The number of ether oxygens (including phenoxy) is 1. The molecular formula is C29H34N2O3S. The lowest BCUT2D eigenvalue weighted by atomic mass is 9.92. The second-order valence-corrected chi connectivity index (χ2v) is 10.1. The molecule has 35 heavy (non-hydrogen) atoms. The average molecular weight is 491 g/mol. The smallest absolute Gasteiger partial charge is 0.242 e. The zero-order valence-electron chi connectivity index (χ0n) is 20.8. The molecule has 4 rings (SSSR count). The van der Waals surface area contributed by atoms with Gasteiger partial charge in [-0.15, -0.1) is 11.3 Å².